The van der Waals surface area contributed by atoms with Crippen LogP contribution in [-0.4, -0.2) is 35.6 Å². The highest BCUT2D eigenvalue weighted by Crippen LogP contribution is 2.22. The van der Waals surface area contributed by atoms with Crippen LogP contribution in [0.1, 0.15) is 73.1 Å². The molecule has 1 N–H and O–H groups in total. The first-order chi connectivity index (χ1) is 8.50. The molecule has 2 heteroatoms. The van der Waals surface area contributed by atoms with E-state index >= 15 is 0 Å². The zero-order valence-electron chi connectivity index (χ0n) is 13.3. The molecule has 2 nitrogen and oxygen atoms in total. The van der Waals surface area contributed by atoms with Gasteiger partial charge in [0.2, 0.25) is 0 Å². The van der Waals surface area contributed by atoms with Crippen molar-refractivity contribution in [2.24, 2.45) is 0 Å². The molecule has 18 heavy (non-hydrogen) atoms. The molecule has 1 aliphatic rings. The van der Waals surface area contributed by atoms with E-state index in [9.17, 15) is 0 Å². The van der Waals surface area contributed by atoms with Crippen LogP contribution in [0.25, 0.3) is 0 Å². The van der Waals surface area contributed by atoms with Gasteiger partial charge in [0.25, 0.3) is 0 Å². The lowest BCUT2D eigenvalue weighted by Crippen LogP contribution is -2.63. The highest BCUT2D eigenvalue weighted by Gasteiger charge is 2.33. The minimum absolute atomic E-state index is 0.281. The zero-order valence-corrected chi connectivity index (χ0v) is 13.3. The van der Waals surface area contributed by atoms with E-state index < -0.39 is 0 Å². The fraction of sp³-hybridized carbons (Fsp3) is 1.00. The van der Waals surface area contributed by atoms with Gasteiger partial charge in [-0.3, -0.25) is 4.90 Å². The smallest absolute Gasteiger partial charge is 0.0253 e. The normalized spacial score (nSPS) is 26.2. The number of hydrogen-bond acceptors (Lipinski definition) is 2. The van der Waals surface area contributed by atoms with Crippen molar-refractivity contribution in [1.29, 1.82) is 0 Å². The maximum atomic E-state index is 3.68. The molecule has 1 rings (SSSR count). The molecule has 1 fully saturated rings. The summed E-state index contributed by atoms with van der Waals surface area (Å²) in [5, 5.41) is 3.68. The molecule has 0 radical (unpaired) electrons. The van der Waals surface area contributed by atoms with Crippen LogP contribution in [0.4, 0.5) is 0 Å². The summed E-state index contributed by atoms with van der Waals surface area (Å²) in [6.45, 7) is 14.0. The predicted octanol–water partition coefficient (Wildman–Crippen LogP) is 3.81. The molecule has 1 aliphatic heterocycles. The molecular formula is C16H34N2. The monoisotopic (exact) mass is 254 g/mol. The average molecular weight is 254 g/mol. The molecule has 1 saturated heterocycles. The Kier molecular flexibility index (Phi) is 6.65. The maximum Gasteiger partial charge on any atom is 0.0253 e. The highest BCUT2D eigenvalue weighted by atomic mass is 15.3. The van der Waals surface area contributed by atoms with Crippen molar-refractivity contribution in [3.05, 3.63) is 0 Å². The van der Waals surface area contributed by atoms with Crippen molar-refractivity contribution >= 4 is 0 Å². The summed E-state index contributed by atoms with van der Waals surface area (Å²) < 4.78 is 0. The first-order valence-corrected chi connectivity index (χ1v) is 8.01. The van der Waals surface area contributed by atoms with Gasteiger partial charge >= 0.3 is 0 Å². The van der Waals surface area contributed by atoms with Gasteiger partial charge < -0.3 is 5.32 Å². The summed E-state index contributed by atoms with van der Waals surface area (Å²) >= 11 is 0. The Morgan fingerprint density at radius 3 is 2.56 bits per heavy atom. The molecular weight excluding hydrogens is 220 g/mol. The largest absolute Gasteiger partial charge is 0.309 e. The van der Waals surface area contributed by atoms with Gasteiger partial charge in [-0.25, -0.2) is 0 Å². The molecule has 0 aromatic heterocycles. The summed E-state index contributed by atoms with van der Waals surface area (Å²) in [5.74, 6) is 0. The molecule has 0 saturated carbocycles. The Morgan fingerprint density at radius 2 is 1.94 bits per heavy atom. The molecule has 1 heterocycles. The van der Waals surface area contributed by atoms with Crippen molar-refractivity contribution in [3.63, 3.8) is 0 Å². The number of nitrogens with one attached hydrogen (secondary N) is 1. The fourth-order valence-corrected chi connectivity index (χ4v) is 3.08. The van der Waals surface area contributed by atoms with Gasteiger partial charge in [-0.05, 0) is 33.6 Å². The van der Waals surface area contributed by atoms with Crippen LogP contribution in [0.5, 0.6) is 0 Å². The van der Waals surface area contributed by atoms with E-state index in [1.54, 1.807) is 0 Å². The Balaban J connectivity index is 2.43. The van der Waals surface area contributed by atoms with Gasteiger partial charge in [0.1, 0.15) is 0 Å². The Hall–Kier alpha value is -0.0800. The second-order valence-corrected chi connectivity index (χ2v) is 6.70. The second-order valence-electron chi connectivity index (χ2n) is 6.70. The lowest BCUT2D eigenvalue weighted by atomic mass is 9.94. The van der Waals surface area contributed by atoms with E-state index in [0.717, 1.165) is 18.6 Å². The molecule has 0 amide bonds. The Bertz CT molecular complexity index is 225. The van der Waals surface area contributed by atoms with Crippen LogP contribution in [0, 0.1) is 0 Å². The summed E-state index contributed by atoms with van der Waals surface area (Å²) in [7, 11) is 0. The van der Waals surface area contributed by atoms with Gasteiger partial charge in [0.05, 0.1) is 0 Å². The SMILES string of the molecule is CCCCCCC(C)N1CC(C)(C)NCC1CC. The third kappa shape index (κ3) is 4.89. The fourth-order valence-electron chi connectivity index (χ4n) is 3.08. The standard InChI is InChI=1S/C16H34N2/c1-6-8-9-10-11-14(3)18-13-16(4,5)17-12-15(18)7-2/h14-15,17H,6-13H2,1-5H3. The van der Waals surface area contributed by atoms with Crippen LogP contribution in [0.2, 0.25) is 0 Å². The van der Waals surface area contributed by atoms with Crippen molar-refractivity contribution in [3.8, 4) is 0 Å². The molecule has 108 valence electrons. The number of hydrogen-bond donors (Lipinski definition) is 1. The lowest BCUT2D eigenvalue weighted by molar-refractivity contribution is 0.0541. The molecule has 0 aromatic rings. The number of nitrogens with zero attached hydrogens (tertiary/aromatic N) is 1. The number of rotatable bonds is 7. The predicted molar refractivity (Wildman–Crippen MR) is 81.1 cm³/mol. The van der Waals surface area contributed by atoms with E-state index in [-0.39, 0.29) is 5.54 Å². The van der Waals surface area contributed by atoms with E-state index in [0.29, 0.717) is 0 Å². The summed E-state index contributed by atoms with van der Waals surface area (Å²) in [6.07, 6.45) is 8.18. The molecule has 0 bridgehead atoms. The number of piperazine rings is 1. The van der Waals surface area contributed by atoms with E-state index in [1.807, 2.05) is 0 Å². The van der Waals surface area contributed by atoms with Crippen molar-refractivity contribution in [2.45, 2.75) is 90.8 Å². The first-order valence-electron chi connectivity index (χ1n) is 8.01. The van der Waals surface area contributed by atoms with E-state index in [4.69, 9.17) is 0 Å². The quantitative estimate of drug-likeness (QED) is 0.695. The average Bonchev–Trinajstić information content (AvgIpc) is 2.33. The van der Waals surface area contributed by atoms with Crippen molar-refractivity contribution in [2.75, 3.05) is 13.1 Å². The van der Waals surface area contributed by atoms with E-state index in [2.05, 4.69) is 44.8 Å². The summed E-state index contributed by atoms with van der Waals surface area (Å²) in [5.41, 5.74) is 0.281. The third-order valence-electron chi connectivity index (χ3n) is 4.38. The van der Waals surface area contributed by atoms with Crippen LogP contribution >= 0.6 is 0 Å². The molecule has 2 unspecified atom stereocenters. The molecule has 2 atom stereocenters. The molecule has 0 aromatic carbocycles. The van der Waals surface area contributed by atoms with Crippen LogP contribution in [0.15, 0.2) is 0 Å². The maximum absolute atomic E-state index is 3.68. The van der Waals surface area contributed by atoms with Gasteiger partial charge in [-0.1, -0.05) is 39.5 Å². The molecule has 0 spiro atoms. The first kappa shape index (κ1) is 16.0. The molecule has 0 aliphatic carbocycles. The van der Waals surface area contributed by atoms with E-state index in [1.165, 1.54) is 45.1 Å². The summed E-state index contributed by atoms with van der Waals surface area (Å²) in [4.78, 5) is 2.75. The second kappa shape index (κ2) is 7.49. The van der Waals surface area contributed by atoms with Gasteiger partial charge in [0.15, 0.2) is 0 Å². The van der Waals surface area contributed by atoms with Crippen LogP contribution < -0.4 is 5.32 Å². The van der Waals surface area contributed by atoms with Gasteiger partial charge in [-0.2, -0.15) is 0 Å². The minimum Gasteiger partial charge on any atom is -0.309 e. The minimum atomic E-state index is 0.281. The van der Waals surface area contributed by atoms with Crippen LogP contribution in [0.3, 0.4) is 0 Å². The number of unbranched alkanes of at least 4 members (excludes halogenated alkanes) is 3. The van der Waals surface area contributed by atoms with Gasteiger partial charge in [-0.15, -0.1) is 0 Å². The topological polar surface area (TPSA) is 15.3 Å². The van der Waals surface area contributed by atoms with Crippen molar-refractivity contribution < 1.29 is 0 Å². The summed E-state index contributed by atoms with van der Waals surface area (Å²) in [6, 6.07) is 1.48. The highest BCUT2D eigenvalue weighted by molar-refractivity contribution is 4.93. The van der Waals surface area contributed by atoms with Crippen LogP contribution in [-0.2, 0) is 0 Å². The zero-order chi connectivity index (χ0) is 13.6. The third-order valence-corrected chi connectivity index (χ3v) is 4.38. The van der Waals surface area contributed by atoms with Crippen molar-refractivity contribution in [1.82, 2.24) is 10.2 Å². The lowest BCUT2D eigenvalue weighted by Gasteiger charge is -2.47. The Morgan fingerprint density at radius 1 is 1.22 bits per heavy atom. The van der Waals surface area contributed by atoms with Gasteiger partial charge in [0, 0.05) is 30.7 Å². The Labute approximate surface area is 115 Å².